The Kier molecular flexibility index (Phi) is 6.98. The Morgan fingerprint density at radius 3 is 2.32 bits per heavy atom. The van der Waals surface area contributed by atoms with E-state index in [0.29, 0.717) is 6.42 Å². The molecule has 1 heterocycles. The van der Waals surface area contributed by atoms with Gasteiger partial charge in [-0.25, -0.2) is 9.59 Å². The Morgan fingerprint density at radius 2 is 1.74 bits per heavy atom. The fraction of sp³-hybridized carbons (Fsp3) is 0.346. The highest BCUT2D eigenvalue weighted by Gasteiger charge is 2.41. The first-order chi connectivity index (χ1) is 16.4. The van der Waals surface area contributed by atoms with Crippen molar-refractivity contribution in [1.82, 2.24) is 10.2 Å². The van der Waals surface area contributed by atoms with E-state index >= 15 is 0 Å². The lowest BCUT2D eigenvalue weighted by molar-refractivity contribution is -0.149. The molecule has 34 heavy (non-hydrogen) atoms. The summed E-state index contributed by atoms with van der Waals surface area (Å²) in [6.45, 7) is 3.66. The number of nitrogens with zero attached hydrogens (tertiary/aromatic N) is 1. The molecule has 3 N–H and O–H groups in total. The number of carbonyl (C=O) groups excluding carboxylic acids is 2. The van der Waals surface area contributed by atoms with E-state index in [4.69, 9.17) is 4.74 Å². The molecule has 2 aromatic carbocycles. The number of carboxylic acid groups (broad SMARTS) is 1. The van der Waals surface area contributed by atoms with Crippen molar-refractivity contribution in [2.75, 3.05) is 13.2 Å². The molecular formula is C26H28N2O6. The number of β-amino-alcohol motifs (C(OH)–C–C–N with tert-alkyl or cyclic N) is 1. The van der Waals surface area contributed by atoms with Crippen LogP contribution in [0, 0.1) is 0 Å². The highest BCUT2D eigenvalue weighted by atomic mass is 16.5. The predicted molar refractivity (Wildman–Crippen MR) is 125 cm³/mol. The van der Waals surface area contributed by atoms with Gasteiger partial charge in [-0.3, -0.25) is 4.79 Å². The number of likely N-dealkylation sites (tertiary alicyclic amines) is 1. The van der Waals surface area contributed by atoms with E-state index in [1.807, 2.05) is 48.5 Å². The van der Waals surface area contributed by atoms with Crippen LogP contribution in [0.3, 0.4) is 0 Å². The lowest BCUT2D eigenvalue weighted by Gasteiger charge is -2.27. The van der Waals surface area contributed by atoms with Gasteiger partial charge in [0, 0.05) is 18.9 Å². The fourth-order valence-electron chi connectivity index (χ4n) is 4.82. The van der Waals surface area contributed by atoms with Gasteiger partial charge in [0.2, 0.25) is 5.91 Å². The van der Waals surface area contributed by atoms with Gasteiger partial charge in [-0.15, -0.1) is 6.58 Å². The van der Waals surface area contributed by atoms with Crippen LogP contribution < -0.4 is 5.32 Å². The van der Waals surface area contributed by atoms with Crippen LogP contribution in [-0.2, 0) is 14.3 Å². The molecule has 178 valence electrons. The van der Waals surface area contributed by atoms with Crippen LogP contribution in [0.25, 0.3) is 11.1 Å². The summed E-state index contributed by atoms with van der Waals surface area (Å²) in [5.41, 5.74) is 4.37. The summed E-state index contributed by atoms with van der Waals surface area (Å²) in [6, 6.07) is 13.9. The van der Waals surface area contributed by atoms with E-state index in [9.17, 15) is 24.6 Å². The molecule has 4 rings (SSSR count). The van der Waals surface area contributed by atoms with E-state index in [2.05, 4.69) is 11.9 Å². The largest absolute Gasteiger partial charge is 0.480 e. The number of carboxylic acids is 1. The van der Waals surface area contributed by atoms with Gasteiger partial charge in [0.05, 0.1) is 6.10 Å². The molecular weight excluding hydrogens is 436 g/mol. The Morgan fingerprint density at radius 1 is 1.12 bits per heavy atom. The van der Waals surface area contributed by atoms with Crippen molar-refractivity contribution in [3.63, 3.8) is 0 Å². The zero-order valence-corrected chi connectivity index (χ0v) is 18.7. The number of fused-ring (bicyclic) bond motifs is 3. The van der Waals surface area contributed by atoms with Crippen molar-refractivity contribution in [3.8, 4) is 11.1 Å². The van der Waals surface area contributed by atoms with Gasteiger partial charge in [-0.1, -0.05) is 54.6 Å². The van der Waals surface area contributed by atoms with Crippen molar-refractivity contribution >= 4 is 18.0 Å². The van der Waals surface area contributed by atoms with Gasteiger partial charge < -0.3 is 25.2 Å². The van der Waals surface area contributed by atoms with E-state index in [-0.39, 0.29) is 31.9 Å². The Labute approximate surface area is 197 Å². The first-order valence-electron chi connectivity index (χ1n) is 11.3. The summed E-state index contributed by atoms with van der Waals surface area (Å²) in [6.07, 6.45) is 0.586. The van der Waals surface area contributed by atoms with Gasteiger partial charge in [0.25, 0.3) is 0 Å². The monoisotopic (exact) mass is 464 g/mol. The lowest BCUT2D eigenvalue weighted by Crippen LogP contribution is -2.52. The SMILES string of the molecule is C=CCCC(NC(=O)OCC1c2ccccc2-c2ccccc21)C(=O)N1CC(O)CC1C(=O)O. The molecule has 0 bridgehead atoms. The topological polar surface area (TPSA) is 116 Å². The van der Waals surface area contributed by atoms with Crippen LogP contribution in [0.1, 0.15) is 36.3 Å². The molecule has 1 saturated heterocycles. The number of benzene rings is 2. The van der Waals surface area contributed by atoms with Crippen molar-refractivity contribution in [3.05, 3.63) is 72.3 Å². The van der Waals surface area contributed by atoms with Crippen molar-refractivity contribution in [1.29, 1.82) is 0 Å². The highest BCUT2D eigenvalue weighted by molar-refractivity contribution is 5.90. The number of aliphatic hydroxyl groups excluding tert-OH is 1. The normalized spacial score (nSPS) is 19.7. The second-order valence-corrected chi connectivity index (χ2v) is 8.62. The Hall–Kier alpha value is -3.65. The second-order valence-electron chi connectivity index (χ2n) is 8.62. The molecule has 1 aliphatic carbocycles. The van der Waals surface area contributed by atoms with Crippen molar-refractivity contribution < 1.29 is 29.3 Å². The summed E-state index contributed by atoms with van der Waals surface area (Å²) in [5.74, 6) is -1.86. The van der Waals surface area contributed by atoms with Crippen LogP contribution in [0.5, 0.6) is 0 Å². The second kappa shape index (κ2) is 10.1. The zero-order valence-electron chi connectivity index (χ0n) is 18.7. The number of rotatable bonds is 8. The molecule has 8 heteroatoms. The number of alkyl carbamates (subject to hydrolysis) is 1. The third-order valence-electron chi connectivity index (χ3n) is 6.44. The summed E-state index contributed by atoms with van der Waals surface area (Å²) in [5, 5.41) is 21.9. The predicted octanol–water partition coefficient (Wildman–Crippen LogP) is 2.91. The number of ether oxygens (including phenoxy) is 1. The summed E-state index contributed by atoms with van der Waals surface area (Å²) in [7, 11) is 0. The van der Waals surface area contributed by atoms with E-state index < -0.39 is 36.2 Å². The van der Waals surface area contributed by atoms with Gasteiger partial charge in [-0.2, -0.15) is 0 Å². The maximum absolute atomic E-state index is 13.1. The van der Waals surface area contributed by atoms with E-state index in [0.717, 1.165) is 27.2 Å². The first kappa shape index (κ1) is 23.5. The molecule has 8 nitrogen and oxygen atoms in total. The minimum atomic E-state index is -1.19. The number of hydrogen-bond donors (Lipinski definition) is 3. The zero-order chi connectivity index (χ0) is 24.2. The lowest BCUT2D eigenvalue weighted by atomic mass is 9.98. The van der Waals surface area contributed by atoms with Crippen LogP contribution in [0.4, 0.5) is 4.79 Å². The van der Waals surface area contributed by atoms with Crippen LogP contribution in [-0.4, -0.2) is 64.4 Å². The van der Waals surface area contributed by atoms with Gasteiger partial charge in [-0.05, 0) is 35.1 Å². The summed E-state index contributed by atoms with van der Waals surface area (Å²) in [4.78, 5) is 38.4. The number of aliphatic carboxylic acids is 1. The van der Waals surface area contributed by atoms with Crippen LogP contribution >= 0.6 is 0 Å². The summed E-state index contributed by atoms with van der Waals surface area (Å²) >= 11 is 0. The quantitative estimate of drug-likeness (QED) is 0.518. The molecule has 0 saturated carbocycles. The van der Waals surface area contributed by atoms with Gasteiger partial charge >= 0.3 is 12.1 Å². The van der Waals surface area contributed by atoms with Gasteiger partial charge in [0.1, 0.15) is 18.7 Å². The molecule has 0 aromatic heterocycles. The first-order valence-corrected chi connectivity index (χ1v) is 11.3. The van der Waals surface area contributed by atoms with E-state index in [1.165, 1.54) is 0 Å². The third-order valence-corrected chi connectivity index (χ3v) is 6.44. The van der Waals surface area contributed by atoms with Gasteiger partial charge in [0.15, 0.2) is 0 Å². The molecule has 1 aliphatic heterocycles. The maximum atomic E-state index is 13.1. The van der Waals surface area contributed by atoms with Crippen LogP contribution in [0.15, 0.2) is 61.2 Å². The Balaban J connectivity index is 1.44. The number of amides is 2. The van der Waals surface area contributed by atoms with E-state index in [1.54, 1.807) is 6.08 Å². The van der Waals surface area contributed by atoms with Crippen LogP contribution in [0.2, 0.25) is 0 Å². The molecule has 2 aliphatic rings. The summed E-state index contributed by atoms with van der Waals surface area (Å²) < 4.78 is 5.55. The van der Waals surface area contributed by atoms with Crippen molar-refractivity contribution in [2.45, 2.75) is 43.4 Å². The van der Waals surface area contributed by atoms with Crippen molar-refractivity contribution in [2.24, 2.45) is 0 Å². The number of allylic oxidation sites excluding steroid dienone is 1. The minimum Gasteiger partial charge on any atom is -0.480 e. The highest BCUT2D eigenvalue weighted by Crippen LogP contribution is 2.44. The smallest absolute Gasteiger partial charge is 0.407 e. The minimum absolute atomic E-state index is 0.0415. The molecule has 3 atom stereocenters. The number of nitrogens with one attached hydrogen (secondary N) is 1. The average molecular weight is 465 g/mol. The number of carbonyl (C=O) groups is 3. The fourth-order valence-corrected chi connectivity index (χ4v) is 4.82. The molecule has 2 aromatic rings. The standard InChI is InChI=1S/C26H28N2O6/c1-2-3-12-22(24(30)28-14-16(29)13-23(28)25(31)32)27-26(33)34-15-21-19-10-6-4-8-17(19)18-9-5-7-11-20(18)21/h2,4-11,16,21-23,29H,1,3,12-15H2,(H,27,33)(H,31,32). The molecule has 0 spiro atoms. The Bertz CT molecular complexity index is 1050. The average Bonchev–Trinajstić information content (AvgIpc) is 3.38. The molecule has 0 radical (unpaired) electrons. The number of aliphatic hydroxyl groups is 1. The maximum Gasteiger partial charge on any atom is 0.407 e. The number of hydrogen-bond acceptors (Lipinski definition) is 5. The molecule has 1 fully saturated rings. The third kappa shape index (κ3) is 4.68. The molecule has 2 amide bonds. The molecule has 3 unspecified atom stereocenters.